The Morgan fingerprint density at radius 1 is 0.786 bits per heavy atom. The van der Waals surface area contributed by atoms with E-state index in [1.807, 2.05) is 0 Å². The number of carbonyl (C=O) groups excluding carboxylic acids is 2. The van der Waals surface area contributed by atoms with Gasteiger partial charge in [0.1, 0.15) is 0 Å². The Kier molecular flexibility index (Phi) is 7.03. The smallest absolute Gasteiger partial charge is 0.312 e. The summed E-state index contributed by atoms with van der Waals surface area (Å²) in [6.07, 6.45) is 3.95. The van der Waals surface area contributed by atoms with Crippen LogP contribution in [0.15, 0.2) is 48.5 Å². The second kappa shape index (κ2) is 9.90. The first kappa shape index (κ1) is 19.9. The second-order valence-electron chi connectivity index (χ2n) is 7.25. The van der Waals surface area contributed by atoms with Gasteiger partial charge in [-0.2, -0.15) is 0 Å². The van der Waals surface area contributed by atoms with E-state index in [0.717, 1.165) is 17.7 Å². The predicted molar refractivity (Wildman–Crippen MR) is 110 cm³/mol. The van der Waals surface area contributed by atoms with E-state index in [9.17, 15) is 9.59 Å². The summed E-state index contributed by atoms with van der Waals surface area (Å²) in [5.41, 5.74) is 8.93. The SMILES string of the molecule is NC(=O)NCc1ccc(C(=O)NCc2ccc(CN3CCCCC3)cc2)cc1. The molecule has 1 aliphatic rings. The van der Waals surface area contributed by atoms with Gasteiger partial charge in [0.05, 0.1) is 0 Å². The minimum atomic E-state index is -0.566. The molecule has 1 aliphatic heterocycles. The number of hydrogen-bond acceptors (Lipinski definition) is 3. The zero-order valence-electron chi connectivity index (χ0n) is 16.1. The largest absolute Gasteiger partial charge is 0.352 e. The lowest BCUT2D eigenvalue weighted by molar-refractivity contribution is 0.0951. The summed E-state index contributed by atoms with van der Waals surface area (Å²) in [5.74, 6) is -0.119. The number of nitrogens with one attached hydrogen (secondary N) is 2. The molecule has 1 fully saturated rings. The average Bonchev–Trinajstić information content (AvgIpc) is 2.72. The number of likely N-dealkylation sites (tertiary alicyclic amines) is 1. The zero-order chi connectivity index (χ0) is 19.8. The van der Waals surface area contributed by atoms with Gasteiger partial charge in [-0.1, -0.05) is 42.8 Å². The molecule has 0 aliphatic carbocycles. The van der Waals surface area contributed by atoms with Crippen LogP contribution < -0.4 is 16.4 Å². The van der Waals surface area contributed by atoms with Crippen LogP contribution in [-0.4, -0.2) is 29.9 Å². The topological polar surface area (TPSA) is 87.5 Å². The monoisotopic (exact) mass is 380 g/mol. The highest BCUT2D eigenvalue weighted by atomic mass is 16.2. The number of hydrogen-bond donors (Lipinski definition) is 3. The Morgan fingerprint density at radius 3 is 1.93 bits per heavy atom. The first-order valence-electron chi connectivity index (χ1n) is 9.81. The van der Waals surface area contributed by atoms with Gasteiger partial charge >= 0.3 is 6.03 Å². The van der Waals surface area contributed by atoms with Crippen LogP contribution in [0.5, 0.6) is 0 Å². The minimum absolute atomic E-state index is 0.119. The van der Waals surface area contributed by atoms with E-state index in [1.165, 1.54) is 37.9 Å². The highest BCUT2D eigenvalue weighted by Crippen LogP contribution is 2.14. The van der Waals surface area contributed by atoms with E-state index in [-0.39, 0.29) is 5.91 Å². The number of nitrogens with zero attached hydrogens (tertiary/aromatic N) is 1. The van der Waals surface area contributed by atoms with Crippen LogP contribution in [0.1, 0.15) is 46.3 Å². The van der Waals surface area contributed by atoms with Crippen molar-refractivity contribution in [2.45, 2.75) is 38.9 Å². The van der Waals surface area contributed by atoms with E-state index in [4.69, 9.17) is 5.73 Å². The summed E-state index contributed by atoms with van der Waals surface area (Å²) in [6, 6.07) is 15.0. The van der Waals surface area contributed by atoms with Crippen LogP contribution in [0.2, 0.25) is 0 Å². The summed E-state index contributed by atoms with van der Waals surface area (Å²) < 4.78 is 0. The molecule has 3 rings (SSSR count). The zero-order valence-corrected chi connectivity index (χ0v) is 16.1. The first-order valence-corrected chi connectivity index (χ1v) is 9.81. The molecule has 0 spiro atoms. The minimum Gasteiger partial charge on any atom is -0.352 e. The Morgan fingerprint density at radius 2 is 1.32 bits per heavy atom. The van der Waals surface area contributed by atoms with Gasteiger partial charge in [0.15, 0.2) is 0 Å². The number of nitrogens with two attached hydrogens (primary N) is 1. The lowest BCUT2D eigenvalue weighted by atomic mass is 10.1. The highest BCUT2D eigenvalue weighted by molar-refractivity contribution is 5.94. The summed E-state index contributed by atoms with van der Waals surface area (Å²) in [6.45, 7) is 4.22. The Hall–Kier alpha value is -2.86. The molecule has 0 aromatic heterocycles. The Labute approximate surface area is 166 Å². The van der Waals surface area contributed by atoms with Crippen LogP contribution in [0.4, 0.5) is 4.79 Å². The molecule has 148 valence electrons. The van der Waals surface area contributed by atoms with Crippen LogP contribution in [0.25, 0.3) is 0 Å². The standard InChI is InChI=1S/C22H28N4O2/c23-22(28)25-15-18-8-10-20(11-9-18)21(27)24-14-17-4-6-19(7-5-17)16-26-12-2-1-3-13-26/h4-11H,1-3,12-16H2,(H,24,27)(H3,23,25,28). The van der Waals surface area contributed by atoms with Crippen molar-refractivity contribution in [3.63, 3.8) is 0 Å². The van der Waals surface area contributed by atoms with Crippen LogP contribution in [0, 0.1) is 0 Å². The summed E-state index contributed by atoms with van der Waals surface area (Å²) >= 11 is 0. The summed E-state index contributed by atoms with van der Waals surface area (Å²) in [4.78, 5) is 25.6. The highest BCUT2D eigenvalue weighted by Gasteiger charge is 2.10. The first-order chi connectivity index (χ1) is 13.6. The number of urea groups is 1. The average molecular weight is 380 g/mol. The normalized spacial score (nSPS) is 14.4. The maximum absolute atomic E-state index is 12.3. The van der Waals surface area contributed by atoms with Crippen molar-refractivity contribution in [1.29, 1.82) is 0 Å². The van der Waals surface area contributed by atoms with E-state index in [0.29, 0.717) is 18.7 Å². The third-order valence-electron chi connectivity index (χ3n) is 5.01. The van der Waals surface area contributed by atoms with E-state index in [1.54, 1.807) is 24.3 Å². The molecular formula is C22H28N4O2. The Balaban J connectivity index is 1.46. The third kappa shape index (κ3) is 6.09. The molecule has 0 unspecified atom stereocenters. The third-order valence-corrected chi connectivity index (χ3v) is 5.01. The number of benzene rings is 2. The van der Waals surface area contributed by atoms with Crippen molar-refractivity contribution in [2.24, 2.45) is 5.73 Å². The number of piperidine rings is 1. The van der Waals surface area contributed by atoms with E-state index < -0.39 is 6.03 Å². The molecule has 3 amide bonds. The molecule has 28 heavy (non-hydrogen) atoms. The predicted octanol–water partition coefficient (Wildman–Crippen LogP) is 2.77. The van der Waals surface area contributed by atoms with Gasteiger partial charge in [-0.15, -0.1) is 0 Å². The van der Waals surface area contributed by atoms with Gasteiger partial charge in [0.2, 0.25) is 0 Å². The summed E-state index contributed by atoms with van der Waals surface area (Å²) in [5, 5.41) is 5.47. The summed E-state index contributed by atoms with van der Waals surface area (Å²) in [7, 11) is 0. The molecule has 2 aromatic rings. The number of amides is 3. The quantitative estimate of drug-likeness (QED) is 0.690. The molecule has 0 radical (unpaired) electrons. The molecule has 4 N–H and O–H groups in total. The molecule has 6 heteroatoms. The lowest BCUT2D eigenvalue weighted by Crippen LogP contribution is -2.29. The molecule has 0 bridgehead atoms. The maximum Gasteiger partial charge on any atom is 0.312 e. The van der Waals surface area contributed by atoms with Crippen molar-refractivity contribution in [1.82, 2.24) is 15.5 Å². The van der Waals surface area contributed by atoms with Gasteiger partial charge in [0, 0.05) is 25.2 Å². The molecular weight excluding hydrogens is 352 g/mol. The number of carbonyl (C=O) groups is 2. The maximum atomic E-state index is 12.3. The lowest BCUT2D eigenvalue weighted by Gasteiger charge is -2.26. The van der Waals surface area contributed by atoms with Gasteiger partial charge in [0.25, 0.3) is 5.91 Å². The molecule has 0 saturated carbocycles. The molecule has 6 nitrogen and oxygen atoms in total. The van der Waals surface area contributed by atoms with Crippen molar-refractivity contribution in [3.8, 4) is 0 Å². The van der Waals surface area contributed by atoms with Crippen molar-refractivity contribution in [2.75, 3.05) is 13.1 Å². The fourth-order valence-corrected chi connectivity index (χ4v) is 3.39. The number of primary amides is 1. The fraction of sp³-hybridized carbons (Fsp3) is 0.364. The molecule has 1 heterocycles. The van der Waals surface area contributed by atoms with E-state index in [2.05, 4.69) is 39.8 Å². The van der Waals surface area contributed by atoms with Gasteiger partial charge in [-0.3, -0.25) is 9.69 Å². The second-order valence-corrected chi connectivity index (χ2v) is 7.25. The van der Waals surface area contributed by atoms with Crippen LogP contribution in [0.3, 0.4) is 0 Å². The van der Waals surface area contributed by atoms with Crippen LogP contribution >= 0.6 is 0 Å². The van der Waals surface area contributed by atoms with E-state index >= 15 is 0 Å². The van der Waals surface area contributed by atoms with Crippen molar-refractivity contribution in [3.05, 3.63) is 70.8 Å². The van der Waals surface area contributed by atoms with Crippen molar-refractivity contribution < 1.29 is 9.59 Å². The molecule has 0 atom stereocenters. The van der Waals surface area contributed by atoms with Gasteiger partial charge in [-0.25, -0.2) is 4.79 Å². The number of rotatable bonds is 7. The van der Waals surface area contributed by atoms with Gasteiger partial charge in [-0.05, 0) is 54.8 Å². The molecule has 2 aromatic carbocycles. The van der Waals surface area contributed by atoms with Gasteiger partial charge < -0.3 is 16.4 Å². The van der Waals surface area contributed by atoms with Crippen molar-refractivity contribution >= 4 is 11.9 Å². The Bertz CT molecular complexity index is 781. The van der Waals surface area contributed by atoms with Crippen LogP contribution in [-0.2, 0) is 19.6 Å². The fourth-order valence-electron chi connectivity index (χ4n) is 3.39. The molecule has 1 saturated heterocycles.